The van der Waals surface area contributed by atoms with Gasteiger partial charge in [0.05, 0.1) is 23.9 Å². The highest BCUT2D eigenvalue weighted by Gasteiger charge is 2.40. The SMILES string of the molecule is Cc1c(C)c(S(=O)(=O)NC(N)=NCCCC[C@H](N)C(=O)NCC(=O)N[C@@H](CC(=O)OC(C)(C)C)C(=O)N[C@H](C(=O)N2CCC[C@H]2C(=O)O)C(C)C)c(C)c2c1OC(C)(C)C2. The lowest BCUT2D eigenvalue weighted by Gasteiger charge is -2.30. The summed E-state index contributed by atoms with van der Waals surface area (Å²) in [6.07, 6.45) is 1.71. The zero-order valence-electron chi connectivity index (χ0n) is 36.4. The molecule has 0 radical (unpaired) electrons. The summed E-state index contributed by atoms with van der Waals surface area (Å²) in [5, 5.41) is 17.0. The number of hydrogen-bond acceptors (Lipinski definition) is 12. The number of guanidine groups is 1. The van der Waals surface area contributed by atoms with Gasteiger partial charge < -0.3 is 46.9 Å². The smallest absolute Gasteiger partial charge is 0.326 e. The van der Waals surface area contributed by atoms with Crippen molar-refractivity contribution >= 4 is 51.6 Å². The minimum atomic E-state index is -4.07. The van der Waals surface area contributed by atoms with Gasteiger partial charge in [-0.15, -0.1) is 0 Å². The molecule has 0 unspecified atom stereocenters. The molecule has 2 aliphatic rings. The Balaban J connectivity index is 1.54. The molecule has 3 rings (SSSR count). The molecular weight excluding hydrogens is 801 g/mol. The summed E-state index contributed by atoms with van der Waals surface area (Å²) in [7, 11) is -4.07. The van der Waals surface area contributed by atoms with Crippen molar-refractivity contribution in [3.8, 4) is 5.75 Å². The molecule has 4 atom stereocenters. The molecule has 20 heteroatoms. The van der Waals surface area contributed by atoms with Crippen LogP contribution in [0.25, 0.3) is 0 Å². The number of likely N-dealkylation sites (tertiary alicyclic amines) is 1. The second-order valence-electron chi connectivity index (χ2n) is 17.4. The number of esters is 1. The average Bonchev–Trinajstić information content (AvgIpc) is 3.74. The van der Waals surface area contributed by atoms with E-state index in [1.165, 1.54) is 4.90 Å². The third kappa shape index (κ3) is 13.3. The zero-order chi connectivity index (χ0) is 45.5. The molecule has 1 aromatic carbocycles. The van der Waals surface area contributed by atoms with Crippen LogP contribution in [0.4, 0.5) is 0 Å². The number of rotatable bonds is 18. The van der Waals surface area contributed by atoms with E-state index in [4.69, 9.17) is 20.9 Å². The Morgan fingerprint density at radius 2 is 1.67 bits per heavy atom. The molecule has 60 heavy (non-hydrogen) atoms. The molecule has 0 aromatic heterocycles. The lowest BCUT2D eigenvalue weighted by Crippen LogP contribution is -2.58. The van der Waals surface area contributed by atoms with Gasteiger partial charge in [-0.05, 0) is 110 Å². The molecule has 19 nitrogen and oxygen atoms in total. The van der Waals surface area contributed by atoms with E-state index in [1.807, 2.05) is 20.8 Å². The molecule has 2 heterocycles. The molecule has 1 saturated heterocycles. The zero-order valence-corrected chi connectivity index (χ0v) is 37.3. The Hall–Kier alpha value is -4.98. The Morgan fingerprint density at radius 3 is 2.27 bits per heavy atom. The number of carboxylic acids is 1. The van der Waals surface area contributed by atoms with Crippen LogP contribution < -0.4 is 36.9 Å². The van der Waals surface area contributed by atoms with Crippen molar-refractivity contribution in [2.45, 2.75) is 154 Å². The van der Waals surface area contributed by atoms with Crippen LogP contribution in [0.3, 0.4) is 0 Å². The fraction of sp³-hybridized carbons (Fsp3) is 0.675. The highest BCUT2D eigenvalue weighted by atomic mass is 32.2. The number of amides is 4. The van der Waals surface area contributed by atoms with Gasteiger partial charge in [0.15, 0.2) is 0 Å². The first kappa shape index (κ1) is 49.4. The normalized spacial score (nSPS) is 17.8. The summed E-state index contributed by atoms with van der Waals surface area (Å²) in [6, 6.07) is -4.73. The lowest BCUT2D eigenvalue weighted by atomic mass is 9.94. The van der Waals surface area contributed by atoms with Crippen molar-refractivity contribution in [2.24, 2.45) is 22.4 Å². The Labute approximate surface area is 352 Å². The van der Waals surface area contributed by atoms with Crippen molar-refractivity contribution in [2.75, 3.05) is 19.6 Å². The first-order valence-electron chi connectivity index (χ1n) is 20.2. The van der Waals surface area contributed by atoms with Crippen LogP contribution >= 0.6 is 0 Å². The summed E-state index contributed by atoms with van der Waals surface area (Å²) >= 11 is 0. The number of ether oxygens (including phenoxy) is 2. The van der Waals surface area contributed by atoms with Crippen LogP contribution in [-0.2, 0) is 49.9 Å². The van der Waals surface area contributed by atoms with Crippen molar-refractivity contribution < 1.29 is 51.8 Å². The van der Waals surface area contributed by atoms with Gasteiger partial charge in [0.2, 0.25) is 29.6 Å². The largest absolute Gasteiger partial charge is 0.487 e. The van der Waals surface area contributed by atoms with Crippen LogP contribution in [0.15, 0.2) is 9.89 Å². The van der Waals surface area contributed by atoms with Crippen molar-refractivity contribution in [3.05, 3.63) is 22.3 Å². The van der Waals surface area contributed by atoms with Crippen LogP contribution in [0, 0.1) is 26.7 Å². The van der Waals surface area contributed by atoms with Gasteiger partial charge in [-0.1, -0.05) is 13.8 Å². The van der Waals surface area contributed by atoms with Gasteiger partial charge in [0.25, 0.3) is 10.0 Å². The van der Waals surface area contributed by atoms with Crippen LogP contribution in [0.5, 0.6) is 5.75 Å². The van der Waals surface area contributed by atoms with E-state index < -0.39 is 99.8 Å². The number of carbonyl (C=O) groups is 6. The van der Waals surface area contributed by atoms with Gasteiger partial charge >= 0.3 is 11.9 Å². The fourth-order valence-electron chi connectivity index (χ4n) is 7.21. The van der Waals surface area contributed by atoms with E-state index >= 15 is 0 Å². The number of unbranched alkanes of at least 4 members (excludes halogenated alkanes) is 1. The number of nitrogens with two attached hydrogens (primary N) is 2. The Morgan fingerprint density at radius 1 is 1.02 bits per heavy atom. The highest BCUT2D eigenvalue weighted by Crippen LogP contribution is 2.43. The molecule has 0 spiro atoms. The van der Waals surface area contributed by atoms with Gasteiger partial charge in [-0.2, -0.15) is 0 Å². The predicted molar refractivity (Wildman–Crippen MR) is 222 cm³/mol. The van der Waals surface area contributed by atoms with E-state index in [0.717, 1.165) is 11.1 Å². The minimum absolute atomic E-state index is 0.132. The summed E-state index contributed by atoms with van der Waals surface area (Å²) in [6.45, 7) is 17.1. The Bertz CT molecular complexity index is 1960. The number of aliphatic carboxylic acids is 1. The van der Waals surface area contributed by atoms with E-state index in [2.05, 4.69) is 25.7 Å². The van der Waals surface area contributed by atoms with E-state index in [9.17, 15) is 42.3 Å². The topological polar surface area (TPSA) is 291 Å². The highest BCUT2D eigenvalue weighted by molar-refractivity contribution is 7.90. The molecular formula is C40H64N8O11S. The number of hydrogen-bond donors (Lipinski definition) is 7. The molecule has 9 N–H and O–H groups in total. The lowest BCUT2D eigenvalue weighted by molar-refractivity contribution is -0.157. The number of nitrogens with one attached hydrogen (secondary N) is 4. The summed E-state index contributed by atoms with van der Waals surface area (Å²) in [5.74, 6) is -5.00. The number of carbonyl (C=O) groups excluding carboxylic acids is 5. The molecule has 0 bridgehead atoms. The monoisotopic (exact) mass is 864 g/mol. The molecule has 0 aliphatic carbocycles. The number of aliphatic imine (C=N–C) groups is 1. The summed E-state index contributed by atoms with van der Waals surface area (Å²) < 4.78 is 40.7. The van der Waals surface area contributed by atoms with Crippen LogP contribution in [-0.4, -0.2) is 115 Å². The number of nitrogens with zero attached hydrogens (tertiary/aromatic N) is 2. The fourth-order valence-corrected chi connectivity index (χ4v) is 8.74. The van der Waals surface area contributed by atoms with E-state index in [-0.39, 0.29) is 36.8 Å². The van der Waals surface area contributed by atoms with Gasteiger partial charge in [0, 0.05) is 25.1 Å². The van der Waals surface area contributed by atoms with Crippen molar-refractivity contribution in [1.82, 2.24) is 25.6 Å². The van der Waals surface area contributed by atoms with Gasteiger partial charge in [-0.25, -0.2) is 17.9 Å². The summed E-state index contributed by atoms with van der Waals surface area (Å²) in [5.41, 5.74) is 13.4. The standard InChI is InChI=1S/C40H64N8O11S/c1-21(2)31(36(53)48-17-13-15-28(48)37(54)55)46-35(52)27(18-30(50)58-39(6,7)8)45-29(49)20-44-34(51)26(41)14-11-12-16-43-38(42)47-60(56,57)33-23(4)22(3)32-25(24(33)5)19-40(9,10)59-32/h21,26-28,31H,11-20,41H2,1-10H3,(H,44,51)(H,45,49)(H,46,52)(H,54,55)(H3,42,43,47)/t26-,27-,28-,31-/m0/s1. The van der Waals surface area contributed by atoms with E-state index in [0.29, 0.717) is 42.6 Å². The molecule has 2 aliphatic heterocycles. The molecule has 1 aromatic rings. The first-order valence-corrected chi connectivity index (χ1v) is 21.7. The third-order valence-corrected chi connectivity index (χ3v) is 11.9. The number of sulfonamides is 1. The first-order chi connectivity index (χ1) is 27.7. The quantitative estimate of drug-likeness (QED) is 0.0469. The third-order valence-electron chi connectivity index (χ3n) is 10.3. The number of benzene rings is 1. The molecule has 336 valence electrons. The minimum Gasteiger partial charge on any atom is -0.487 e. The maximum Gasteiger partial charge on any atom is 0.326 e. The Kier molecular flexibility index (Phi) is 16.5. The van der Waals surface area contributed by atoms with Crippen molar-refractivity contribution in [1.29, 1.82) is 0 Å². The second-order valence-corrected chi connectivity index (χ2v) is 19.0. The maximum absolute atomic E-state index is 13.5. The van der Waals surface area contributed by atoms with Crippen LogP contribution in [0.2, 0.25) is 0 Å². The predicted octanol–water partition coefficient (Wildman–Crippen LogP) is 0.965. The van der Waals surface area contributed by atoms with Gasteiger partial charge in [0.1, 0.15) is 35.1 Å². The second kappa shape index (κ2) is 20.1. The summed E-state index contributed by atoms with van der Waals surface area (Å²) in [4.78, 5) is 82.7. The number of fused-ring (bicyclic) bond motifs is 1. The number of carboxylic acid groups (broad SMARTS) is 1. The van der Waals surface area contributed by atoms with Gasteiger partial charge in [-0.3, -0.25) is 29.0 Å². The maximum atomic E-state index is 13.5. The van der Waals surface area contributed by atoms with Crippen molar-refractivity contribution in [3.63, 3.8) is 0 Å². The molecule has 0 saturated carbocycles. The molecule has 1 fully saturated rings. The average molecular weight is 865 g/mol. The van der Waals surface area contributed by atoms with E-state index in [1.54, 1.807) is 48.5 Å². The molecule has 4 amide bonds. The van der Waals surface area contributed by atoms with Crippen LogP contribution in [0.1, 0.15) is 109 Å².